The highest BCUT2D eigenvalue weighted by molar-refractivity contribution is 5.85. The molecule has 0 unspecified atom stereocenters. The smallest absolute Gasteiger partial charge is 0.392 e. The summed E-state index contributed by atoms with van der Waals surface area (Å²) in [5, 5.41) is 14.2. The van der Waals surface area contributed by atoms with E-state index in [0.29, 0.717) is 17.3 Å². The summed E-state index contributed by atoms with van der Waals surface area (Å²) >= 11 is 0. The van der Waals surface area contributed by atoms with Crippen molar-refractivity contribution in [2.45, 2.75) is 13.8 Å². The fourth-order valence-electron chi connectivity index (χ4n) is 2.05. The van der Waals surface area contributed by atoms with E-state index in [1.54, 1.807) is 13.8 Å². The van der Waals surface area contributed by atoms with Gasteiger partial charge in [-0.2, -0.15) is 0 Å². The molecule has 0 radical (unpaired) electrons. The van der Waals surface area contributed by atoms with Crippen molar-refractivity contribution in [2.24, 2.45) is 0 Å². The third-order valence-corrected chi connectivity index (χ3v) is 3.24. The quantitative estimate of drug-likeness (QED) is 0.482. The maximum Gasteiger partial charge on any atom is 0.392 e. The van der Waals surface area contributed by atoms with Gasteiger partial charge in [-0.1, -0.05) is 30.3 Å². The standard InChI is InChI=1S/C15H13NO2/c1-10-11(2)18-15(16(10)17)14-8-7-12-5-3-4-6-13(12)9-14/h3-9H,1-2H3. The monoisotopic (exact) mass is 239 g/mol. The summed E-state index contributed by atoms with van der Waals surface area (Å²) in [5.74, 6) is 1.02. The minimum absolute atomic E-state index is 0.357. The maximum absolute atomic E-state index is 11.9. The summed E-state index contributed by atoms with van der Waals surface area (Å²) in [5.41, 5.74) is 1.41. The van der Waals surface area contributed by atoms with Crippen molar-refractivity contribution in [3.8, 4) is 11.5 Å². The van der Waals surface area contributed by atoms with E-state index in [0.717, 1.165) is 21.1 Å². The lowest BCUT2D eigenvalue weighted by Gasteiger charge is -2.00. The van der Waals surface area contributed by atoms with E-state index < -0.39 is 0 Å². The number of nitrogens with zero attached hydrogens (tertiary/aromatic N) is 1. The van der Waals surface area contributed by atoms with Crippen molar-refractivity contribution >= 4 is 10.8 Å². The first-order chi connectivity index (χ1) is 8.66. The molecule has 0 aliphatic heterocycles. The molecule has 0 aliphatic rings. The molecular weight excluding hydrogens is 226 g/mol. The zero-order valence-electron chi connectivity index (χ0n) is 10.3. The molecule has 0 amide bonds. The lowest BCUT2D eigenvalue weighted by molar-refractivity contribution is -0.602. The normalized spacial score (nSPS) is 11.0. The average Bonchev–Trinajstić information content (AvgIpc) is 2.66. The van der Waals surface area contributed by atoms with Crippen LogP contribution in [-0.2, 0) is 0 Å². The summed E-state index contributed by atoms with van der Waals surface area (Å²) in [6.07, 6.45) is 0. The molecule has 2 aromatic carbocycles. The molecular formula is C15H13NO2. The van der Waals surface area contributed by atoms with Crippen molar-refractivity contribution in [3.63, 3.8) is 0 Å². The zero-order valence-corrected chi connectivity index (χ0v) is 10.3. The second-order valence-corrected chi connectivity index (χ2v) is 4.41. The van der Waals surface area contributed by atoms with Crippen LogP contribution in [0.5, 0.6) is 0 Å². The third-order valence-electron chi connectivity index (χ3n) is 3.24. The Kier molecular flexibility index (Phi) is 2.33. The molecule has 3 aromatic rings. The molecule has 0 atom stereocenters. The van der Waals surface area contributed by atoms with Crippen molar-refractivity contribution in [1.29, 1.82) is 0 Å². The van der Waals surface area contributed by atoms with Crippen LogP contribution < -0.4 is 4.73 Å². The van der Waals surface area contributed by atoms with Crippen LogP contribution in [0.25, 0.3) is 22.2 Å². The molecule has 1 heterocycles. The molecule has 18 heavy (non-hydrogen) atoms. The Morgan fingerprint density at radius 3 is 2.39 bits per heavy atom. The Labute approximate surface area is 105 Å². The van der Waals surface area contributed by atoms with Gasteiger partial charge in [0.2, 0.25) is 5.69 Å². The number of hydrogen-bond donors (Lipinski definition) is 0. The van der Waals surface area contributed by atoms with Crippen molar-refractivity contribution in [3.05, 3.63) is 59.1 Å². The molecule has 0 spiro atoms. The highest BCUT2D eigenvalue weighted by Gasteiger charge is 2.20. The van der Waals surface area contributed by atoms with Crippen molar-refractivity contribution < 1.29 is 9.15 Å². The van der Waals surface area contributed by atoms with E-state index in [9.17, 15) is 5.21 Å². The lowest BCUT2D eigenvalue weighted by atomic mass is 10.1. The average molecular weight is 239 g/mol. The lowest BCUT2D eigenvalue weighted by Crippen LogP contribution is -2.29. The van der Waals surface area contributed by atoms with Crippen LogP contribution in [0.1, 0.15) is 11.5 Å². The topological polar surface area (TPSA) is 40.1 Å². The van der Waals surface area contributed by atoms with E-state index >= 15 is 0 Å². The predicted octanol–water partition coefficient (Wildman–Crippen LogP) is 3.35. The molecule has 0 N–H and O–H groups in total. The van der Waals surface area contributed by atoms with Gasteiger partial charge in [-0.25, -0.2) is 0 Å². The number of benzene rings is 2. The first kappa shape index (κ1) is 10.8. The van der Waals surface area contributed by atoms with Gasteiger partial charge in [0.05, 0.1) is 5.56 Å². The van der Waals surface area contributed by atoms with Crippen LogP contribution in [0.4, 0.5) is 0 Å². The Morgan fingerprint density at radius 2 is 1.72 bits per heavy atom. The number of oxazole rings is 1. The van der Waals surface area contributed by atoms with Crippen LogP contribution in [0.3, 0.4) is 0 Å². The van der Waals surface area contributed by atoms with Gasteiger partial charge in [-0.15, -0.1) is 4.73 Å². The van der Waals surface area contributed by atoms with Gasteiger partial charge in [0, 0.05) is 13.8 Å². The van der Waals surface area contributed by atoms with Gasteiger partial charge in [-0.3, -0.25) is 0 Å². The molecule has 3 heteroatoms. The minimum Gasteiger partial charge on any atom is -0.616 e. The van der Waals surface area contributed by atoms with Crippen molar-refractivity contribution in [2.75, 3.05) is 0 Å². The summed E-state index contributed by atoms with van der Waals surface area (Å²) in [4.78, 5) is 0. The first-order valence-electron chi connectivity index (χ1n) is 5.85. The summed E-state index contributed by atoms with van der Waals surface area (Å²) in [7, 11) is 0. The zero-order chi connectivity index (χ0) is 12.7. The Balaban J connectivity index is 2.22. The largest absolute Gasteiger partial charge is 0.616 e. The van der Waals surface area contributed by atoms with Gasteiger partial charge < -0.3 is 9.62 Å². The Bertz CT molecular complexity index is 728. The van der Waals surface area contributed by atoms with Gasteiger partial charge in [0.15, 0.2) is 5.76 Å². The Hall–Kier alpha value is -2.29. The summed E-state index contributed by atoms with van der Waals surface area (Å²) in [6, 6.07) is 13.9. The minimum atomic E-state index is 0.357. The van der Waals surface area contributed by atoms with Gasteiger partial charge in [0.1, 0.15) is 0 Å². The van der Waals surface area contributed by atoms with E-state index in [1.165, 1.54) is 0 Å². The fourth-order valence-corrected chi connectivity index (χ4v) is 2.05. The maximum atomic E-state index is 11.9. The summed E-state index contributed by atoms with van der Waals surface area (Å²) < 4.78 is 6.38. The van der Waals surface area contributed by atoms with E-state index in [-0.39, 0.29) is 0 Å². The van der Waals surface area contributed by atoms with Gasteiger partial charge >= 0.3 is 5.89 Å². The number of fused-ring (bicyclic) bond motifs is 1. The Morgan fingerprint density at radius 1 is 1.00 bits per heavy atom. The van der Waals surface area contributed by atoms with Gasteiger partial charge in [-0.05, 0) is 22.9 Å². The number of aromatic nitrogens is 1. The third kappa shape index (κ3) is 1.56. The van der Waals surface area contributed by atoms with Gasteiger partial charge in [0.25, 0.3) is 0 Å². The molecule has 3 nitrogen and oxygen atoms in total. The highest BCUT2D eigenvalue weighted by Crippen LogP contribution is 2.24. The fraction of sp³-hybridized carbons (Fsp3) is 0.133. The highest BCUT2D eigenvalue weighted by atomic mass is 16.5. The molecule has 3 rings (SSSR count). The molecule has 90 valence electrons. The molecule has 0 saturated carbocycles. The van der Waals surface area contributed by atoms with E-state index in [1.807, 2.05) is 42.5 Å². The molecule has 0 saturated heterocycles. The van der Waals surface area contributed by atoms with Crippen LogP contribution in [-0.4, -0.2) is 0 Å². The predicted molar refractivity (Wildman–Crippen MR) is 70.1 cm³/mol. The second-order valence-electron chi connectivity index (χ2n) is 4.41. The van der Waals surface area contributed by atoms with E-state index in [2.05, 4.69) is 0 Å². The van der Waals surface area contributed by atoms with Crippen LogP contribution in [0.15, 0.2) is 46.9 Å². The SMILES string of the molecule is Cc1oc(-c2ccc3ccccc3c2)[n+]([O-])c1C. The first-order valence-corrected chi connectivity index (χ1v) is 5.85. The molecule has 0 aliphatic carbocycles. The second kappa shape index (κ2) is 3.88. The van der Waals surface area contributed by atoms with Crippen LogP contribution in [0, 0.1) is 19.1 Å². The number of hydrogen-bond acceptors (Lipinski definition) is 2. The molecule has 0 bridgehead atoms. The summed E-state index contributed by atoms with van der Waals surface area (Å²) in [6.45, 7) is 3.56. The van der Waals surface area contributed by atoms with Crippen LogP contribution >= 0.6 is 0 Å². The number of aryl methyl sites for hydroxylation is 1. The van der Waals surface area contributed by atoms with Crippen molar-refractivity contribution in [1.82, 2.24) is 0 Å². The molecule has 1 aromatic heterocycles. The van der Waals surface area contributed by atoms with Crippen LogP contribution in [0.2, 0.25) is 0 Å². The number of rotatable bonds is 1. The van der Waals surface area contributed by atoms with E-state index in [4.69, 9.17) is 4.42 Å². The molecule has 0 fully saturated rings.